The maximum atomic E-state index is 5.68. The average molecular weight is 162 g/mol. The van der Waals surface area contributed by atoms with Gasteiger partial charge in [0.25, 0.3) is 0 Å². The Labute approximate surface area is 72.8 Å². The molecule has 0 atom stereocenters. The highest BCUT2D eigenvalue weighted by Crippen LogP contribution is 2.42. The molecule has 2 nitrogen and oxygen atoms in total. The van der Waals surface area contributed by atoms with Crippen molar-refractivity contribution in [1.82, 2.24) is 4.98 Å². The fourth-order valence-corrected chi connectivity index (χ4v) is 1.60. The lowest BCUT2D eigenvalue weighted by Gasteiger charge is -2.07. The van der Waals surface area contributed by atoms with Crippen molar-refractivity contribution in [2.24, 2.45) is 0 Å². The van der Waals surface area contributed by atoms with Crippen LogP contribution in [0.15, 0.2) is 6.07 Å². The zero-order valence-electron chi connectivity index (χ0n) is 7.59. The van der Waals surface area contributed by atoms with Crippen LogP contribution in [-0.4, -0.2) is 4.98 Å². The van der Waals surface area contributed by atoms with Gasteiger partial charge in [0.2, 0.25) is 0 Å². The van der Waals surface area contributed by atoms with Gasteiger partial charge in [0.15, 0.2) is 0 Å². The van der Waals surface area contributed by atoms with Gasteiger partial charge in [-0.2, -0.15) is 0 Å². The third kappa shape index (κ3) is 1.17. The minimum atomic E-state index is 0.667. The van der Waals surface area contributed by atoms with Crippen LogP contribution >= 0.6 is 0 Å². The average Bonchev–Trinajstić information content (AvgIpc) is 2.79. The number of hydrogen-bond acceptors (Lipinski definition) is 2. The van der Waals surface area contributed by atoms with Crippen molar-refractivity contribution in [3.63, 3.8) is 0 Å². The molecule has 0 spiro atoms. The minimum Gasteiger partial charge on any atom is -0.384 e. The molecule has 2 heteroatoms. The molecular formula is C10H14N2. The number of nitrogen functional groups attached to an aromatic ring is 1. The van der Waals surface area contributed by atoms with E-state index in [4.69, 9.17) is 5.73 Å². The Bertz CT molecular complexity index is 314. The number of nitrogens with two attached hydrogens (primary N) is 1. The van der Waals surface area contributed by atoms with E-state index in [-0.39, 0.29) is 0 Å². The van der Waals surface area contributed by atoms with E-state index >= 15 is 0 Å². The van der Waals surface area contributed by atoms with Crippen molar-refractivity contribution in [2.45, 2.75) is 32.6 Å². The first-order valence-corrected chi connectivity index (χ1v) is 4.42. The molecule has 12 heavy (non-hydrogen) atoms. The second-order valence-corrected chi connectivity index (χ2v) is 3.62. The maximum Gasteiger partial charge on any atom is 0.123 e. The van der Waals surface area contributed by atoms with Gasteiger partial charge in [-0.3, -0.25) is 0 Å². The summed E-state index contributed by atoms with van der Waals surface area (Å²) in [5.74, 6) is 1.44. The third-order valence-corrected chi connectivity index (χ3v) is 2.59. The van der Waals surface area contributed by atoms with E-state index in [0.717, 1.165) is 11.6 Å². The van der Waals surface area contributed by atoms with Crippen molar-refractivity contribution in [2.75, 3.05) is 5.73 Å². The minimum absolute atomic E-state index is 0.667. The molecule has 2 rings (SSSR count). The number of anilines is 1. The van der Waals surface area contributed by atoms with Crippen molar-refractivity contribution < 1.29 is 0 Å². The first kappa shape index (κ1) is 7.59. The second kappa shape index (κ2) is 2.47. The van der Waals surface area contributed by atoms with Crippen LogP contribution in [0, 0.1) is 13.8 Å². The summed E-state index contributed by atoms with van der Waals surface area (Å²) in [7, 11) is 0. The topological polar surface area (TPSA) is 38.9 Å². The third-order valence-electron chi connectivity index (χ3n) is 2.59. The molecule has 1 heterocycles. The van der Waals surface area contributed by atoms with Crippen molar-refractivity contribution >= 4 is 5.82 Å². The lowest BCUT2D eigenvalue weighted by atomic mass is 10.0. The van der Waals surface area contributed by atoms with E-state index in [1.54, 1.807) is 0 Å². The number of rotatable bonds is 1. The smallest absolute Gasteiger partial charge is 0.123 e. The van der Waals surface area contributed by atoms with Gasteiger partial charge in [-0.15, -0.1) is 0 Å². The van der Waals surface area contributed by atoms with Gasteiger partial charge in [-0.25, -0.2) is 4.98 Å². The van der Waals surface area contributed by atoms with E-state index < -0.39 is 0 Å². The number of aryl methyl sites for hydroxylation is 1. The van der Waals surface area contributed by atoms with Gasteiger partial charge in [0, 0.05) is 5.69 Å². The van der Waals surface area contributed by atoms with Crippen molar-refractivity contribution in [3.05, 3.63) is 22.9 Å². The highest BCUT2D eigenvalue weighted by atomic mass is 14.8. The van der Waals surface area contributed by atoms with Gasteiger partial charge in [-0.05, 0) is 49.8 Å². The molecule has 0 aromatic carbocycles. The zero-order valence-corrected chi connectivity index (χ0v) is 7.59. The summed E-state index contributed by atoms with van der Waals surface area (Å²) < 4.78 is 0. The summed E-state index contributed by atoms with van der Waals surface area (Å²) in [6.45, 7) is 4.16. The van der Waals surface area contributed by atoms with Crippen LogP contribution in [0.5, 0.6) is 0 Å². The van der Waals surface area contributed by atoms with Gasteiger partial charge in [-0.1, -0.05) is 0 Å². The van der Waals surface area contributed by atoms with Gasteiger partial charge in [0.05, 0.1) is 0 Å². The molecule has 0 unspecified atom stereocenters. The molecule has 0 radical (unpaired) electrons. The molecule has 1 fully saturated rings. The van der Waals surface area contributed by atoms with Crippen LogP contribution < -0.4 is 5.73 Å². The van der Waals surface area contributed by atoms with E-state index in [9.17, 15) is 0 Å². The Kier molecular flexibility index (Phi) is 1.56. The Morgan fingerprint density at radius 3 is 2.67 bits per heavy atom. The summed E-state index contributed by atoms with van der Waals surface area (Å²) in [5.41, 5.74) is 9.51. The Balaban J connectivity index is 2.51. The first-order valence-electron chi connectivity index (χ1n) is 4.42. The zero-order chi connectivity index (χ0) is 8.72. The molecule has 1 aliphatic rings. The maximum absolute atomic E-state index is 5.68. The Morgan fingerprint density at radius 2 is 2.08 bits per heavy atom. The van der Waals surface area contributed by atoms with E-state index in [0.29, 0.717) is 5.82 Å². The lowest BCUT2D eigenvalue weighted by Crippen LogP contribution is -1.98. The van der Waals surface area contributed by atoms with E-state index in [2.05, 4.69) is 11.9 Å². The van der Waals surface area contributed by atoms with Crippen LogP contribution in [0.1, 0.15) is 35.6 Å². The molecule has 0 amide bonds. The molecular weight excluding hydrogens is 148 g/mol. The molecule has 1 saturated carbocycles. The standard InChI is InChI=1S/C10H14N2/c1-6-7(2)12-10(11)5-9(6)8-3-4-8/h5,8H,3-4H2,1-2H3,(H2,11,12). The predicted molar refractivity (Wildman–Crippen MR) is 50.1 cm³/mol. The van der Waals surface area contributed by atoms with E-state index in [1.807, 2.05) is 13.0 Å². The van der Waals surface area contributed by atoms with Gasteiger partial charge < -0.3 is 5.73 Å². The van der Waals surface area contributed by atoms with Crippen molar-refractivity contribution in [3.8, 4) is 0 Å². The summed E-state index contributed by atoms with van der Waals surface area (Å²) in [6.07, 6.45) is 2.65. The molecule has 64 valence electrons. The Morgan fingerprint density at radius 1 is 1.42 bits per heavy atom. The molecule has 0 bridgehead atoms. The van der Waals surface area contributed by atoms with Gasteiger partial charge >= 0.3 is 0 Å². The van der Waals surface area contributed by atoms with Crippen LogP contribution in [0.25, 0.3) is 0 Å². The highest BCUT2D eigenvalue weighted by molar-refractivity contribution is 5.43. The fourth-order valence-electron chi connectivity index (χ4n) is 1.60. The molecule has 2 N–H and O–H groups in total. The molecule has 1 aliphatic carbocycles. The van der Waals surface area contributed by atoms with E-state index in [1.165, 1.54) is 24.0 Å². The van der Waals surface area contributed by atoms with Crippen LogP contribution in [0.3, 0.4) is 0 Å². The largest absolute Gasteiger partial charge is 0.384 e. The quantitative estimate of drug-likeness (QED) is 0.687. The van der Waals surface area contributed by atoms with Crippen LogP contribution in [0.4, 0.5) is 5.82 Å². The Hall–Kier alpha value is -1.05. The number of aromatic nitrogens is 1. The monoisotopic (exact) mass is 162 g/mol. The summed E-state index contributed by atoms with van der Waals surface area (Å²) >= 11 is 0. The molecule has 0 aliphatic heterocycles. The highest BCUT2D eigenvalue weighted by Gasteiger charge is 2.25. The number of nitrogens with zero attached hydrogens (tertiary/aromatic N) is 1. The summed E-state index contributed by atoms with van der Waals surface area (Å²) in [5, 5.41) is 0. The lowest BCUT2D eigenvalue weighted by molar-refractivity contribution is 1.04. The SMILES string of the molecule is Cc1nc(N)cc(C2CC2)c1C. The van der Waals surface area contributed by atoms with Crippen LogP contribution in [-0.2, 0) is 0 Å². The second-order valence-electron chi connectivity index (χ2n) is 3.62. The summed E-state index contributed by atoms with van der Waals surface area (Å²) in [4.78, 5) is 4.22. The molecule has 1 aromatic rings. The first-order chi connectivity index (χ1) is 5.68. The number of pyridine rings is 1. The van der Waals surface area contributed by atoms with Crippen LogP contribution in [0.2, 0.25) is 0 Å². The summed E-state index contributed by atoms with van der Waals surface area (Å²) in [6, 6.07) is 2.03. The molecule has 1 aromatic heterocycles. The molecule has 0 saturated heterocycles. The number of hydrogen-bond donors (Lipinski definition) is 1. The predicted octanol–water partition coefficient (Wildman–Crippen LogP) is 2.16. The van der Waals surface area contributed by atoms with Crippen molar-refractivity contribution in [1.29, 1.82) is 0 Å². The normalized spacial score (nSPS) is 16.5. The fraction of sp³-hybridized carbons (Fsp3) is 0.500. The van der Waals surface area contributed by atoms with Gasteiger partial charge in [0.1, 0.15) is 5.82 Å².